The fourth-order valence-electron chi connectivity index (χ4n) is 2.94. The molecule has 0 radical (unpaired) electrons. The molecule has 9 heteroatoms. The van der Waals surface area contributed by atoms with Crippen molar-refractivity contribution in [2.45, 2.75) is 18.2 Å². The SMILES string of the molecule is COc1ccc(-c2nnc(C)o2)cc1NC(=O)CCSc1ccc2c(c1)OCCO2. The number of fused-ring (bicyclic) bond motifs is 1. The van der Waals surface area contributed by atoms with Crippen LogP contribution < -0.4 is 19.5 Å². The van der Waals surface area contributed by atoms with Gasteiger partial charge in [0.1, 0.15) is 19.0 Å². The number of amides is 1. The first-order valence-electron chi connectivity index (χ1n) is 9.43. The molecule has 0 aliphatic carbocycles. The number of carbonyl (C=O) groups is 1. The Bertz CT molecular complexity index is 1050. The summed E-state index contributed by atoms with van der Waals surface area (Å²) in [6.07, 6.45) is 0.339. The molecule has 0 saturated heterocycles. The van der Waals surface area contributed by atoms with E-state index in [9.17, 15) is 4.79 Å². The van der Waals surface area contributed by atoms with Crippen molar-refractivity contribution < 1.29 is 23.4 Å². The van der Waals surface area contributed by atoms with E-state index in [-0.39, 0.29) is 5.91 Å². The van der Waals surface area contributed by atoms with Crippen LogP contribution in [0.4, 0.5) is 5.69 Å². The minimum absolute atomic E-state index is 0.114. The van der Waals surface area contributed by atoms with Crippen LogP contribution in [0.5, 0.6) is 17.2 Å². The molecule has 0 spiro atoms. The number of ether oxygens (including phenoxy) is 3. The predicted octanol–water partition coefficient (Wildman–Crippen LogP) is 3.95. The number of hydrogen-bond acceptors (Lipinski definition) is 8. The zero-order chi connectivity index (χ0) is 20.9. The summed E-state index contributed by atoms with van der Waals surface area (Å²) in [5.41, 5.74) is 1.26. The Balaban J connectivity index is 1.36. The van der Waals surface area contributed by atoms with Crippen molar-refractivity contribution in [2.75, 3.05) is 31.4 Å². The molecule has 0 unspecified atom stereocenters. The van der Waals surface area contributed by atoms with Crippen LogP contribution in [0.3, 0.4) is 0 Å². The van der Waals surface area contributed by atoms with Gasteiger partial charge < -0.3 is 23.9 Å². The Hall–Kier alpha value is -3.20. The number of hydrogen-bond donors (Lipinski definition) is 1. The number of aryl methyl sites for hydroxylation is 1. The standard InChI is InChI=1S/C21H21N3O5S/c1-13-23-24-21(29-13)14-3-5-17(26-2)16(11-14)22-20(25)7-10-30-15-4-6-18-19(12-15)28-9-8-27-18/h3-6,11-12H,7-10H2,1-2H3,(H,22,25). The van der Waals surface area contributed by atoms with E-state index in [1.54, 1.807) is 44.0 Å². The topological polar surface area (TPSA) is 95.7 Å². The Morgan fingerprint density at radius 3 is 2.73 bits per heavy atom. The second kappa shape index (κ2) is 9.08. The molecule has 1 aliphatic heterocycles. The van der Waals surface area contributed by atoms with Gasteiger partial charge in [0.25, 0.3) is 0 Å². The zero-order valence-electron chi connectivity index (χ0n) is 16.6. The van der Waals surface area contributed by atoms with Crippen LogP contribution in [0.2, 0.25) is 0 Å². The summed E-state index contributed by atoms with van der Waals surface area (Å²) in [6.45, 7) is 2.84. The number of carbonyl (C=O) groups excluding carboxylic acids is 1. The highest BCUT2D eigenvalue weighted by molar-refractivity contribution is 7.99. The summed E-state index contributed by atoms with van der Waals surface area (Å²) in [6, 6.07) is 11.1. The second-order valence-electron chi connectivity index (χ2n) is 6.49. The first-order valence-corrected chi connectivity index (χ1v) is 10.4. The van der Waals surface area contributed by atoms with E-state index < -0.39 is 0 Å². The van der Waals surface area contributed by atoms with Gasteiger partial charge in [-0.25, -0.2) is 0 Å². The number of thioether (sulfide) groups is 1. The van der Waals surface area contributed by atoms with E-state index in [0.717, 1.165) is 16.4 Å². The highest BCUT2D eigenvalue weighted by Gasteiger charge is 2.14. The van der Waals surface area contributed by atoms with Crippen molar-refractivity contribution in [3.05, 3.63) is 42.3 Å². The Morgan fingerprint density at radius 2 is 1.97 bits per heavy atom. The summed E-state index contributed by atoms with van der Waals surface area (Å²) < 4.78 is 21.9. The van der Waals surface area contributed by atoms with Crippen molar-refractivity contribution in [3.63, 3.8) is 0 Å². The third-order valence-corrected chi connectivity index (χ3v) is 5.35. The quantitative estimate of drug-likeness (QED) is 0.567. The predicted molar refractivity (Wildman–Crippen MR) is 112 cm³/mol. The number of rotatable bonds is 7. The minimum Gasteiger partial charge on any atom is -0.495 e. The number of aromatic nitrogens is 2. The maximum atomic E-state index is 12.5. The van der Waals surface area contributed by atoms with E-state index in [0.29, 0.717) is 54.2 Å². The Kier molecular flexibility index (Phi) is 6.08. The van der Waals surface area contributed by atoms with Gasteiger partial charge in [-0.1, -0.05) is 0 Å². The van der Waals surface area contributed by atoms with Gasteiger partial charge in [0, 0.05) is 29.6 Å². The lowest BCUT2D eigenvalue weighted by molar-refractivity contribution is -0.115. The lowest BCUT2D eigenvalue weighted by atomic mass is 10.2. The van der Waals surface area contributed by atoms with E-state index >= 15 is 0 Å². The molecule has 3 aromatic rings. The lowest BCUT2D eigenvalue weighted by Crippen LogP contribution is -2.15. The van der Waals surface area contributed by atoms with Crippen LogP contribution in [0.1, 0.15) is 12.3 Å². The largest absolute Gasteiger partial charge is 0.495 e. The summed E-state index contributed by atoms with van der Waals surface area (Å²) in [5, 5.41) is 10.8. The molecule has 156 valence electrons. The van der Waals surface area contributed by atoms with E-state index in [4.69, 9.17) is 18.6 Å². The van der Waals surface area contributed by atoms with Gasteiger partial charge in [0.15, 0.2) is 11.5 Å². The number of benzene rings is 2. The first kappa shape index (κ1) is 20.1. The van der Waals surface area contributed by atoms with Crippen LogP contribution in [-0.4, -0.2) is 42.2 Å². The number of nitrogens with zero attached hydrogens (tertiary/aromatic N) is 2. The molecule has 0 saturated carbocycles. The second-order valence-corrected chi connectivity index (χ2v) is 7.66. The highest BCUT2D eigenvalue weighted by Crippen LogP contribution is 2.34. The maximum Gasteiger partial charge on any atom is 0.247 e. The molecule has 4 rings (SSSR count). The molecule has 1 amide bonds. The number of methoxy groups -OCH3 is 1. The third-order valence-electron chi connectivity index (χ3n) is 4.36. The molecule has 2 aromatic carbocycles. The third kappa shape index (κ3) is 4.68. The summed E-state index contributed by atoms with van der Waals surface area (Å²) in [5.74, 6) is 3.43. The molecule has 1 N–H and O–H groups in total. The van der Waals surface area contributed by atoms with Crippen LogP contribution in [-0.2, 0) is 4.79 Å². The van der Waals surface area contributed by atoms with Crippen molar-refractivity contribution in [1.29, 1.82) is 0 Å². The summed E-state index contributed by atoms with van der Waals surface area (Å²) in [7, 11) is 1.55. The number of anilines is 1. The Labute approximate surface area is 177 Å². The normalized spacial score (nSPS) is 12.5. The van der Waals surface area contributed by atoms with E-state index in [2.05, 4.69) is 15.5 Å². The van der Waals surface area contributed by atoms with Gasteiger partial charge in [-0.3, -0.25) is 4.79 Å². The summed E-state index contributed by atoms with van der Waals surface area (Å²) >= 11 is 1.58. The van der Waals surface area contributed by atoms with Crippen LogP contribution in [0.25, 0.3) is 11.5 Å². The van der Waals surface area contributed by atoms with Gasteiger partial charge in [0.05, 0.1) is 12.8 Å². The molecule has 0 atom stereocenters. The van der Waals surface area contributed by atoms with Crippen LogP contribution in [0.15, 0.2) is 45.7 Å². The molecule has 0 bridgehead atoms. The molecular weight excluding hydrogens is 406 g/mol. The van der Waals surface area contributed by atoms with Crippen molar-refractivity contribution in [3.8, 4) is 28.7 Å². The molecular formula is C21H21N3O5S. The highest BCUT2D eigenvalue weighted by atomic mass is 32.2. The van der Waals surface area contributed by atoms with Gasteiger partial charge in [-0.2, -0.15) is 0 Å². The van der Waals surface area contributed by atoms with E-state index in [1.807, 2.05) is 18.2 Å². The molecule has 2 heterocycles. The smallest absolute Gasteiger partial charge is 0.247 e. The van der Waals surface area contributed by atoms with Crippen LogP contribution in [0, 0.1) is 6.92 Å². The first-order chi connectivity index (χ1) is 14.6. The molecule has 1 aliphatic rings. The van der Waals surface area contributed by atoms with Crippen molar-refractivity contribution in [1.82, 2.24) is 10.2 Å². The lowest BCUT2D eigenvalue weighted by Gasteiger charge is -2.18. The van der Waals surface area contributed by atoms with Gasteiger partial charge >= 0.3 is 0 Å². The summed E-state index contributed by atoms with van der Waals surface area (Å²) in [4.78, 5) is 13.5. The monoisotopic (exact) mass is 427 g/mol. The molecule has 1 aromatic heterocycles. The van der Waals surface area contributed by atoms with Gasteiger partial charge in [-0.15, -0.1) is 22.0 Å². The molecule has 8 nitrogen and oxygen atoms in total. The fourth-order valence-corrected chi connectivity index (χ4v) is 3.82. The van der Waals surface area contributed by atoms with Gasteiger partial charge in [0.2, 0.25) is 17.7 Å². The zero-order valence-corrected chi connectivity index (χ0v) is 17.5. The average molecular weight is 427 g/mol. The minimum atomic E-state index is -0.114. The average Bonchev–Trinajstić information content (AvgIpc) is 3.20. The fraction of sp³-hybridized carbons (Fsp3) is 0.286. The van der Waals surface area contributed by atoms with Crippen molar-refractivity contribution >= 4 is 23.4 Å². The van der Waals surface area contributed by atoms with Crippen LogP contribution >= 0.6 is 11.8 Å². The number of nitrogens with one attached hydrogen (secondary N) is 1. The molecule has 0 fully saturated rings. The van der Waals surface area contributed by atoms with Gasteiger partial charge in [-0.05, 0) is 36.4 Å². The maximum absolute atomic E-state index is 12.5. The van der Waals surface area contributed by atoms with E-state index in [1.165, 1.54) is 0 Å². The Morgan fingerprint density at radius 1 is 1.13 bits per heavy atom. The molecule has 30 heavy (non-hydrogen) atoms. The van der Waals surface area contributed by atoms with Crippen molar-refractivity contribution in [2.24, 2.45) is 0 Å².